The Morgan fingerprint density at radius 3 is 2.48 bits per heavy atom. The van der Waals surface area contributed by atoms with Gasteiger partial charge in [-0.1, -0.05) is 37.6 Å². The number of carbonyl (C=O) groups is 3. The van der Waals surface area contributed by atoms with E-state index in [1.807, 2.05) is 24.9 Å². The minimum atomic E-state index is -2.28. The zero-order chi connectivity index (χ0) is 41.1. The number of aliphatic hydroxyl groups is 1. The Morgan fingerprint density at radius 2 is 1.79 bits per heavy atom. The molecule has 1 aliphatic carbocycles. The molecule has 6 heterocycles. The minimum Gasteiger partial charge on any atom is -0.496 e. The second-order valence-electron chi connectivity index (χ2n) is 17.3. The topological polar surface area (TPSA) is 134 Å². The van der Waals surface area contributed by atoms with E-state index in [1.54, 1.807) is 7.11 Å². The molecule has 58 heavy (non-hydrogen) atoms. The van der Waals surface area contributed by atoms with Gasteiger partial charge in [0.1, 0.15) is 11.2 Å². The van der Waals surface area contributed by atoms with Gasteiger partial charge in [-0.15, -0.1) is 0 Å². The van der Waals surface area contributed by atoms with Gasteiger partial charge in [0.05, 0.1) is 27.4 Å². The Morgan fingerprint density at radius 1 is 1.02 bits per heavy atom. The number of nitrogens with zero attached hydrogens (tertiary/aromatic N) is 3. The molecule has 1 saturated heterocycles. The number of anilines is 1. The normalized spacial score (nSPS) is 34.5. The van der Waals surface area contributed by atoms with E-state index < -0.39 is 45.9 Å². The van der Waals surface area contributed by atoms with Gasteiger partial charge in [0.25, 0.3) is 0 Å². The van der Waals surface area contributed by atoms with Crippen LogP contribution in [0.5, 0.6) is 5.75 Å². The fraction of sp³-hybridized carbons (Fsp3) is 0.533. The molecule has 3 aromatic rings. The quantitative estimate of drug-likeness (QED) is 0.138. The number of aromatic amines is 1. The van der Waals surface area contributed by atoms with Gasteiger partial charge >= 0.3 is 17.9 Å². The number of halogens is 1. The predicted molar refractivity (Wildman–Crippen MR) is 227 cm³/mol. The van der Waals surface area contributed by atoms with Gasteiger partial charge in [-0.2, -0.15) is 0 Å². The average Bonchev–Trinajstić information content (AvgIpc) is 3.86. The summed E-state index contributed by atoms with van der Waals surface area (Å²) in [5.41, 5.74) is 1.03. The number of H-pyrrole nitrogens is 1. The van der Waals surface area contributed by atoms with Gasteiger partial charge in [-0.3, -0.25) is 19.4 Å². The van der Waals surface area contributed by atoms with Gasteiger partial charge in [0.15, 0.2) is 6.10 Å². The van der Waals surface area contributed by atoms with E-state index in [1.165, 1.54) is 26.7 Å². The fourth-order valence-electron chi connectivity index (χ4n) is 12.9. The van der Waals surface area contributed by atoms with Gasteiger partial charge in [-0.05, 0) is 96.1 Å². The summed E-state index contributed by atoms with van der Waals surface area (Å²) in [5.74, 6) is -1.32. The molecule has 2 aromatic carbocycles. The number of benzene rings is 2. The lowest BCUT2D eigenvalue weighted by atomic mass is 9.47. The van der Waals surface area contributed by atoms with Crippen molar-refractivity contribution >= 4 is 57.1 Å². The maximum absolute atomic E-state index is 15.2. The lowest BCUT2D eigenvalue weighted by molar-refractivity contribution is -0.228. The number of hydrogen-bond donors (Lipinski definition) is 2. The highest BCUT2D eigenvalue weighted by atomic mass is 127. The number of esters is 3. The second kappa shape index (κ2) is 13.8. The Labute approximate surface area is 353 Å². The second-order valence-corrected chi connectivity index (χ2v) is 18.6. The zero-order valence-electron chi connectivity index (χ0n) is 34.3. The number of aromatic nitrogens is 1. The molecule has 0 radical (unpaired) electrons. The van der Waals surface area contributed by atoms with Crippen molar-refractivity contribution in [1.82, 2.24) is 14.8 Å². The van der Waals surface area contributed by atoms with Crippen LogP contribution in [0.4, 0.5) is 5.69 Å². The van der Waals surface area contributed by atoms with E-state index in [2.05, 4.69) is 86.8 Å². The van der Waals surface area contributed by atoms with Gasteiger partial charge in [-0.25, -0.2) is 4.79 Å². The first kappa shape index (κ1) is 39.5. The third-order valence-electron chi connectivity index (χ3n) is 14.8. The summed E-state index contributed by atoms with van der Waals surface area (Å²) in [7, 11) is 6.23. The molecule has 2 bridgehead atoms. The molecule has 2 fully saturated rings. The SMILES string of the molecule is CCC1=C[C@H]2CN(C1)Cc1c([nH]c3ccc(I)cc13)[C@@](C(=O)OC)(c1cc3c(cc1OC)N(C)[C@@H]1C34CCN3CC=C[C@](CC)([C@H]34)[C@@H](OC(C)=O)[C@]1(O)C(=O)OC)C2. The van der Waals surface area contributed by atoms with Crippen molar-refractivity contribution in [2.75, 3.05) is 59.5 Å². The van der Waals surface area contributed by atoms with E-state index in [0.717, 1.165) is 56.5 Å². The molecule has 9 rings (SSSR count). The summed E-state index contributed by atoms with van der Waals surface area (Å²) >= 11 is 2.35. The molecule has 1 saturated carbocycles. The highest BCUT2D eigenvalue weighted by molar-refractivity contribution is 14.1. The van der Waals surface area contributed by atoms with Crippen molar-refractivity contribution in [3.8, 4) is 5.75 Å². The van der Waals surface area contributed by atoms with Crippen LogP contribution in [0, 0.1) is 14.9 Å². The van der Waals surface area contributed by atoms with E-state index in [9.17, 15) is 14.7 Å². The number of likely N-dealkylation sites (N-methyl/N-ethyl adjacent to an activating group) is 1. The Balaban J connectivity index is 1.37. The molecule has 5 aliphatic heterocycles. The van der Waals surface area contributed by atoms with Crippen LogP contribution in [0.2, 0.25) is 0 Å². The molecule has 2 unspecified atom stereocenters. The summed E-state index contributed by atoms with van der Waals surface area (Å²) in [5, 5.41) is 14.4. The molecule has 2 N–H and O–H groups in total. The fourth-order valence-corrected chi connectivity index (χ4v) is 13.4. The minimum absolute atomic E-state index is 0.0239. The number of fused-ring (bicyclic) bond motifs is 6. The van der Waals surface area contributed by atoms with Gasteiger partial charge in [0, 0.05) is 94.5 Å². The number of carbonyl (C=O) groups excluding carboxylic acids is 3. The van der Waals surface area contributed by atoms with Crippen LogP contribution in [0.15, 0.2) is 54.1 Å². The average molecular weight is 905 g/mol. The molecule has 0 amide bonds. The largest absolute Gasteiger partial charge is 0.496 e. The lowest BCUT2D eigenvalue weighted by Crippen LogP contribution is -2.81. The molecule has 9 atom stereocenters. The van der Waals surface area contributed by atoms with Crippen LogP contribution in [-0.2, 0) is 46.0 Å². The Hall–Kier alpha value is -3.92. The standard InChI is InChI=1S/C45H53IN4O8/c1-8-26-17-27-21-44(40(52)56-6,36-30(24-49(22-26)23-27)29-18-28(46)11-12-33(29)47-36)32-19-31-34(20-35(32)55-5)48(4)38-43(31)14-16-50-15-10-13-42(9-2,37(43)50)39(58-25(3)51)45(38,54)41(53)57-7/h10-13,17-20,27,37-39,47,54H,8-9,14-16,21-24H2,1-7H3/t27-,37+,38-,39-,42-,43?,44+,45+/m1/s1. The summed E-state index contributed by atoms with van der Waals surface area (Å²) in [4.78, 5) is 53.3. The number of hydrogen-bond acceptors (Lipinski definition) is 11. The maximum Gasteiger partial charge on any atom is 0.344 e. The van der Waals surface area contributed by atoms with E-state index in [-0.39, 0.29) is 17.9 Å². The number of nitrogens with one attached hydrogen (secondary N) is 1. The molecule has 1 aromatic heterocycles. The molecule has 12 nitrogen and oxygen atoms in total. The molecule has 6 aliphatic rings. The lowest BCUT2D eigenvalue weighted by Gasteiger charge is -2.63. The molecular weight excluding hydrogens is 851 g/mol. The van der Waals surface area contributed by atoms with Crippen LogP contribution in [0.1, 0.15) is 68.8 Å². The van der Waals surface area contributed by atoms with Gasteiger partial charge in [0.2, 0.25) is 5.60 Å². The first-order valence-corrected chi connectivity index (χ1v) is 21.5. The summed E-state index contributed by atoms with van der Waals surface area (Å²) in [6.45, 7) is 9.18. The molecule has 308 valence electrons. The highest BCUT2D eigenvalue weighted by Crippen LogP contribution is 2.68. The number of ether oxygens (including phenoxy) is 4. The third-order valence-corrected chi connectivity index (χ3v) is 15.5. The first-order valence-electron chi connectivity index (χ1n) is 20.4. The van der Waals surface area contributed by atoms with Crippen LogP contribution in [0.3, 0.4) is 0 Å². The monoisotopic (exact) mass is 904 g/mol. The smallest absolute Gasteiger partial charge is 0.344 e. The zero-order valence-corrected chi connectivity index (χ0v) is 36.5. The Bertz CT molecular complexity index is 2310. The van der Waals surface area contributed by atoms with Crippen LogP contribution < -0.4 is 9.64 Å². The van der Waals surface area contributed by atoms with Crippen molar-refractivity contribution in [2.24, 2.45) is 11.3 Å². The summed E-state index contributed by atoms with van der Waals surface area (Å²) in [6, 6.07) is 9.29. The van der Waals surface area contributed by atoms with Crippen molar-refractivity contribution < 1.29 is 38.4 Å². The Kier molecular flexibility index (Phi) is 9.42. The van der Waals surface area contributed by atoms with E-state index >= 15 is 4.79 Å². The number of methoxy groups -OCH3 is 3. The third kappa shape index (κ3) is 5.05. The molecule has 1 spiro atoms. The van der Waals surface area contributed by atoms with Crippen molar-refractivity contribution in [3.05, 3.63) is 80.1 Å². The summed E-state index contributed by atoms with van der Waals surface area (Å²) in [6.07, 6.45) is 7.67. The number of rotatable bonds is 7. The van der Waals surface area contributed by atoms with Gasteiger partial charge < -0.3 is 33.9 Å². The van der Waals surface area contributed by atoms with Crippen molar-refractivity contribution in [1.29, 1.82) is 0 Å². The van der Waals surface area contributed by atoms with Crippen LogP contribution >= 0.6 is 22.6 Å². The maximum atomic E-state index is 15.2. The molecule has 13 heteroatoms. The molecular formula is C45H53IN4O8. The van der Waals surface area contributed by atoms with Crippen LogP contribution in [0.25, 0.3) is 10.9 Å². The first-order chi connectivity index (χ1) is 27.8. The van der Waals surface area contributed by atoms with Crippen molar-refractivity contribution in [3.63, 3.8) is 0 Å². The van der Waals surface area contributed by atoms with Crippen molar-refractivity contribution in [2.45, 2.75) is 87.6 Å². The van der Waals surface area contributed by atoms with E-state index in [0.29, 0.717) is 50.2 Å². The summed E-state index contributed by atoms with van der Waals surface area (Å²) < 4.78 is 25.0. The predicted octanol–water partition coefficient (Wildman–Crippen LogP) is 5.36. The van der Waals surface area contributed by atoms with E-state index in [4.69, 9.17) is 18.9 Å². The highest BCUT2D eigenvalue weighted by Gasteiger charge is 2.80. The van der Waals surface area contributed by atoms with Crippen LogP contribution in [-0.4, -0.2) is 116 Å².